The lowest BCUT2D eigenvalue weighted by Gasteiger charge is -2.18. The predicted molar refractivity (Wildman–Crippen MR) is 67.2 cm³/mol. The third-order valence-corrected chi connectivity index (χ3v) is 3.04. The third-order valence-electron chi connectivity index (χ3n) is 1.65. The summed E-state index contributed by atoms with van der Waals surface area (Å²) in [5.41, 5.74) is 4.93. The van der Waals surface area contributed by atoms with E-state index in [-0.39, 0.29) is 5.13 Å². The van der Waals surface area contributed by atoms with Gasteiger partial charge in [0.15, 0.2) is 5.13 Å². The van der Waals surface area contributed by atoms with Crippen molar-refractivity contribution in [3.63, 3.8) is 0 Å². The quantitative estimate of drug-likeness (QED) is 0.713. The van der Waals surface area contributed by atoms with Crippen molar-refractivity contribution in [1.29, 1.82) is 0 Å². The lowest BCUT2D eigenvalue weighted by Crippen LogP contribution is -2.43. The number of nitrogens with one attached hydrogen (secondary N) is 1. The van der Waals surface area contributed by atoms with Crippen LogP contribution in [0.25, 0.3) is 0 Å². The summed E-state index contributed by atoms with van der Waals surface area (Å²) in [6.07, 6.45) is 1.48. The Balaban J connectivity index is 2.69. The van der Waals surface area contributed by atoms with Gasteiger partial charge in [0.2, 0.25) is 5.91 Å². The molecule has 1 aromatic heterocycles. The minimum Gasteiger partial charge on any atom is -0.480 e. The van der Waals surface area contributed by atoms with Crippen LogP contribution in [0.15, 0.2) is 9.98 Å². The largest absolute Gasteiger partial charge is 0.480 e. The Bertz CT molecular complexity index is 461. The van der Waals surface area contributed by atoms with Gasteiger partial charge in [-0.05, 0) is 15.9 Å². The molecule has 0 radical (unpaired) electrons. The fraction of sp³-hybridized carbons (Fsp3) is 0.250. The van der Waals surface area contributed by atoms with Gasteiger partial charge in [-0.3, -0.25) is 14.9 Å². The first-order chi connectivity index (χ1) is 8.38. The molecule has 0 unspecified atom stereocenters. The van der Waals surface area contributed by atoms with Crippen LogP contribution in [0.2, 0.25) is 0 Å². The molecule has 0 aromatic carbocycles. The van der Waals surface area contributed by atoms with Gasteiger partial charge >= 0.3 is 12.0 Å². The number of carbonyl (C=O) groups is 3. The number of halogens is 1. The van der Waals surface area contributed by atoms with Gasteiger partial charge < -0.3 is 15.7 Å². The number of thiazole rings is 1. The van der Waals surface area contributed by atoms with E-state index in [4.69, 9.17) is 10.8 Å². The van der Waals surface area contributed by atoms with Crippen molar-refractivity contribution in [3.05, 3.63) is 9.98 Å². The van der Waals surface area contributed by atoms with Crippen LogP contribution in [-0.2, 0) is 9.59 Å². The summed E-state index contributed by atoms with van der Waals surface area (Å²) >= 11 is 4.32. The fourth-order valence-corrected chi connectivity index (χ4v) is 2.13. The molecule has 0 spiro atoms. The molecular weight excluding hydrogens is 328 g/mol. The first-order valence-electron chi connectivity index (χ1n) is 4.56. The average molecular weight is 337 g/mol. The molecule has 4 N–H and O–H groups in total. The maximum Gasteiger partial charge on any atom is 0.324 e. The molecular formula is C8H9BrN4O4S. The minimum atomic E-state index is -1.24. The smallest absolute Gasteiger partial charge is 0.324 e. The number of hydrogen-bond donors (Lipinski definition) is 3. The number of carboxylic acid groups (broad SMARTS) is 1. The van der Waals surface area contributed by atoms with E-state index in [9.17, 15) is 14.4 Å². The van der Waals surface area contributed by atoms with Crippen LogP contribution in [0.5, 0.6) is 0 Å². The van der Waals surface area contributed by atoms with E-state index in [0.717, 1.165) is 16.2 Å². The molecule has 1 aromatic rings. The maximum atomic E-state index is 11.7. The van der Waals surface area contributed by atoms with E-state index in [1.54, 1.807) is 0 Å². The molecule has 98 valence electrons. The van der Waals surface area contributed by atoms with Crippen molar-refractivity contribution in [3.8, 4) is 0 Å². The van der Waals surface area contributed by atoms with Crippen molar-refractivity contribution in [2.45, 2.75) is 0 Å². The molecule has 0 saturated carbocycles. The van der Waals surface area contributed by atoms with E-state index in [0.29, 0.717) is 3.79 Å². The number of carbonyl (C=O) groups excluding carboxylic acids is 2. The highest BCUT2D eigenvalue weighted by Gasteiger charge is 2.19. The molecule has 10 heteroatoms. The summed E-state index contributed by atoms with van der Waals surface area (Å²) in [4.78, 5) is 37.6. The van der Waals surface area contributed by atoms with Crippen LogP contribution < -0.4 is 11.1 Å². The van der Waals surface area contributed by atoms with E-state index in [2.05, 4.69) is 26.2 Å². The van der Waals surface area contributed by atoms with Gasteiger partial charge in [0, 0.05) is 0 Å². The van der Waals surface area contributed by atoms with Crippen LogP contribution in [0.1, 0.15) is 0 Å². The van der Waals surface area contributed by atoms with Gasteiger partial charge in [0.1, 0.15) is 13.1 Å². The Morgan fingerprint density at radius 2 is 2.17 bits per heavy atom. The molecule has 8 nitrogen and oxygen atoms in total. The Morgan fingerprint density at radius 3 is 2.61 bits per heavy atom. The number of aromatic nitrogens is 1. The van der Waals surface area contributed by atoms with E-state index in [1.165, 1.54) is 6.20 Å². The first-order valence-corrected chi connectivity index (χ1v) is 6.17. The molecule has 0 aliphatic carbocycles. The second-order valence-electron chi connectivity index (χ2n) is 3.12. The number of primary amides is 1. The van der Waals surface area contributed by atoms with Gasteiger partial charge in [-0.1, -0.05) is 11.3 Å². The highest BCUT2D eigenvalue weighted by atomic mass is 79.9. The van der Waals surface area contributed by atoms with Gasteiger partial charge in [-0.15, -0.1) is 0 Å². The van der Waals surface area contributed by atoms with E-state index in [1.807, 2.05) is 0 Å². The highest BCUT2D eigenvalue weighted by molar-refractivity contribution is 9.11. The number of amides is 3. The highest BCUT2D eigenvalue weighted by Crippen LogP contribution is 2.23. The van der Waals surface area contributed by atoms with Gasteiger partial charge in [0.05, 0.1) is 9.98 Å². The van der Waals surface area contributed by atoms with Crippen molar-refractivity contribution >= 4 is 50.3 Å². The Morgan fingerprint density at radius 1 is 1.50 bits per heavy atom. The first kappa shape index (κ1) is 14.4. The summed E-state index contributed by atoms with van der Waals surface area (Å²) in [7, 11) is 0. The molecule has 0 atom stereocenters. The van der Waals surface area contributed by atoms with Crippen molar-refractivity contribution in [2.24, 2.45) is 5.73 Å². The molecule has 0 saturated heterocycles. The minimum absolute atomic E-state index is 0.284. The number of urea groups is 1. The molecule has 0 aliphatic heterocycles. The van der Waals surface area contributed by atoms with E-state index < -0.39 is 31.0 Å². The number of rotatable bonds is 5. The van der Waals surface area contributed by atoms with Gasteiger partial charge in [-0.25, -0.2) is 9.78 Å². The van der Waals surface area contributed by atoms with Gasteiger partial charge in [-0.2, -0.15) is 0 Å². The fourth-order valence-electron chi connectivity index (χ4n) is 1.03. The lowest BCUT2D eigenvalue weighted by atomic mass is 10.5. The number of carboxylic acids is 1. The maximum absolute atomic E-state index is 11.7. The summed E-state index contributed by atoms with van der Waals surface area (Å²) in [6.45, 7) is -1.11. The zero-order chi connectivity index (χ0) is 13.7. The molecule has 0 bridgehead atoms. The third kappa shape index (κ3) is 4.67. The van der Waals surface area contributed by atoms with Crippen LogP contribution in [0.3, 0.4) is 0 Å². The monoisotopic (exact) mass is 336 g/mol. The molecule has 1 heterocycles. The molecule has 3 amide bonds. The topological polar surface area (TPSA) is 126 Å². The second kappa shape index (κ2) is 6.31. The predicted octanol–water partition coefficient (Wildman–Crippen LogP) is 0.309. The summed E-state index contributed by atoms with van der Waals surface area (Å²) < 4.78 is 0.706. The van der Waals surface area contributed by atoms with Crippen LogP contribution in [0, 0.1) is 0 Å². The number of anilines is 1. The number of nitrogens with zero attached hydrogens (tertiary/aromatic N) is 2. The second-order valence-corrected chi connectivity index (χ2v) is 5.53. The van der Waals surface area contributed by atoms with Crippen LogP contribution in [0.4, 0.5) is 9.93 Å². The summed E-state index contributed by atoms with van der Waals surface area (Å²) in [5.74, 6) is -2.04. The molecule has 0 aliphatic rings. The molecule has 0 fully saturated rings. The summed E-state index contributed by atoms with van der Waals surface area (Å²) in [6, 6.07) is -0.752. The van der Waals surface area contributed by atoms with Crippen molar-refractivity contribution in [2.75, 3.05) is 18.4 Å². The zero-order valence-corrected chi connectivity index (χ0v) is 11.3. The lowest BCUT2D eigenvalue weighted by molar-refractivity contribution is -0.137. The zero-order valence-electron chi connectivity index (χ0n) is 8.92. The average Bonchev–Trinajstić information content (AvgIpc) is 2.61. The standard InChI is InChI=1S/C8H9BrN4O4S/c9-4-1-11-7(18-4)12-8(17)13(2-5(10)14)3-6(15)16/h1H,2-3H2,(H2,10,14)(H,15,16)(H,11,12,17). The Hall–Kier alpha value is -1.68. The van der Waals surface area contributed by atoms with E-state index >= 15 is 0 Å². The van der Waals surface area contributed by atoms with Crippen LogP contribution >= 0.6 is 27.3 Å². The Kier molecular flexibility index (Phi) is 5.04. The number of aliphatic carboxylic acids is 1. The molecule has 1 rings (SSSR count). The van der Waals surface area contributed by atoms with Crippen LogP contribution in [-0.4, -0.2) is 46.0 Å². The molecule has 18 heavy (non-hydrogen) atoms. The van der Waals surface area contributed by atoms with Crippen molar-refractivity contribution in [1.82, 2.24) is 9.88 Å². The van der Waals surface area contributed by atoms with Gasteiger partial charge in [0.25, 0.3) is 0 Å². The number of hydrogen-bond acceptors (Lipinski definition) is 5. The Labute approximate surface area is 114 Å². The normalized spacial score (nSPS) is 9.83. The summed E-state index contributed by atoms with van der Waals surface area (Å²) in [5, 5.41) is 11.3. The van der Waals surface area contributed by atoms with Crippen molar-refractivity contribution < 1.29 is 19.5 Å². The number of nitrogens with two attached hydrogens (primary N) is 1. The SMILES string of the molecule is NC(=O)CN(CC(=O)O)C(=O)Nc1ncc(Br)s1.